The first-order chi connectivity index (χ1) is 7.67. The number of hydrogen-bond donors (Lipinski definition) is 1. The van der Waals surface area contributed by atoms with Gasteiger partial charge in [-0.3, -0.25) is 0 Å². The Labute approximate surface area is 112 Å². The summed E-state index contributed by atoms with van der Waals surface area (Å²) in [6.07, 6.45) is 4.97. The maximum absolute atomic E-state index is 6.05. The molecule has 0 spiro atoms. The number of unbranched alkanes of at least 4 members (excludes halogenated alkanes) is 2. The highest BCUT2D eigenvalue weighted by molar-refractivity contribution is 9.10. The van der Waals surface area contributed by atoms with E-state index in [0.29, 0.717) is 6.04 Å². The maximum Gasteiger partial charge on any atom is 0.0420 e. The van der Waals surface area contributed by atoms with Crippen LogP contribution in [-0.2, 0) is 0 Å². The van der Waals surface area contributed by atoms with E-state index in [9.17, 15) is 0 Å². The monoisotopic (exact) mass is 303 g/mol. The Morgan fingerprint density at radius 2 is 2.06 bits per heavy atom. The summed E-state index contributed by atoms with van der Waals surface area (Å²) in [4.78, 5) is 0. The van der Waals surface area contributed by atoms with Gasteiger partial charge in [0.05, 0.1) is 0 Å². The summed E-state index contributed by atoms with van der Waals surface area (Å²) < 4.78 is 1.05. The molecule has 0 radical (unpaired) electrons. The van der Waals surface area contributed by atoms with Gasteiger partial charge in [-0.15, -0.1) is 0 Å². The predicted molar refractivity (Wildman–Crippen MR) is 75.1 cm³/mol. The molecule has 0 aliphatic rings. The summed E-state index contributed by atoms with van der Waals surface area (Å²) in [6, 6.07) is 6.50. The van der Waals surface area contributed by atoms with Crippen molar-refractivity contribution in [1.29, 1.82) is 0 Å². The highest BCUT2D eigenvalue weighted by Gasteiger charge is 2.10. The van der Waals surface area contributed by atoms with Crippen LogP contribution in [0.1, 0.15) is 44.2 Å². The van der Waals surface area contributed by atoms with Gasteiger partial charge in [0.1, 0.15) is 0 Å². The Hall–Kier alpha value is -0.0500. The van der Waals surface area contributed by atoms with Crippen molar-refractivity contribution >= 4 is 27.5 Å². The molecule has 1 aromatic carbocycles. The fraction of sp³-hybridized carbons (Fsp3) is 0.538. The molecule has 0 heterocycles. The third-order valence-electron chi connectivity index (χ3n) is 2.73. The maximum atomic E-state index is 6.05. The molecule has 0 aliphatic heterocycles. The number of benzene rings is 1. The molecule has 1 N–H and O–H groups in total. The third kappa shape index (κ3) is 4.44. The largest absolute Gasteiger partial charge is 0.313 e. The van der Waals surface area contributed by atoms with Crippen molar-refractivity contribution in [3.63, 3.8) is 0 Å². The van der Waals surface area contributed by atoms with E-state index in [1.807, 2.05) is 19.2 Å². The summed E-state index contributed by atoms with van der Waals surface area (Å²) >= 11 is 9.53. The predicted octanol–water partition coefficient (Wildman–Crippen LogP) is 4.94. The standard InChI is InChI=1S/C13H19BrClN/c1-3-4-5-6-13(16-2)10-7-11(14)9-12(15)8-10/h7-9,13,16H,3-6H2,1-2H3. The molecule has 3 heteroatoms. The molecule has 1 nitrogen and oxygen atoms in total. The van der Waals surface area contributed by atoms with Gasteiger partial charge in [-0.25, -0.2) is 0 Å². The van der Waals surface area contributed by atoms with E-state index in [1.165, 1.54) is 24.8 Å². The Morgan fingerprint density at radius 3 is 2.62 bits per heavy atom. The van der Waals surface area contributed by atoms with Crippen LogP contribution in [-0.4, -0.2) is 7.05 Å². The smallest absolute Gasteiger partial charge is 0.0420 e. The quantitative estimate of drug-likeness (QED) is 0.734. The van der Waals surface area contributed by atoms with Crippen molar-refractivity contribution in [3.05, 3.63) is 33.3 Å². The zero-order chi connectivity index (χ0) is 12.0. The van der Waals surface area contributed by atoms with Gasteiger partial charge in [-0.05, 0) is 37.2 Å². The van der Waals surface area contributed by atoms with Crippen LogP contribution in [0, 0.1) is 0 Å². The fourth-order valence-electron chi connectivity index (χ4n) is 1.85. The van der Waals surface area contributed by atoms with Gasteiger partial charge >= 0.3 is 0 Å². The zero-order valence-corrected chi connectivity index (χ0v) is 12.2. The molecule has 1 aromatic rings. The van der Waals surface area contributed by atoms with Gasteiger partial charge in [0.25, 0.3) is 0 Å². The first-order valence-electron chi connectivity index (χ1n) is 5.80. The topological polar surface area (TPSA) is 12.0 Å². The summed E-state index contributed by atoms with van der Waals surface area (Å²) in [5.74, 6) is 0. The molecule has 0 fully saturated rings. The third-order valence-corrected chi connectivity index (χ3v) is 3.41. The molecule has 0 aliphatic carbocycles. The van der Waals surface area contributed by atoms with Crippen LogP contribution < -0.4 is 5.32 Å². The Bertz CT molecular complexity index is 307. The molecule has 0 saturated heterocycles. The van der Waals surface area contributed by atoms with Gasteiger partial charge in [0, 0.05) is 15.5 Å². The van der Waals surface area contributed by atoms with Crippen LogP contribution >= 0.6 is 27.5 Å². The Kier molecular flexibility index (Phi) is 6.40. The number of halogens is 2. The van der Waals surface area contributed by atoms with E-state index in [-0.39, 0.29) is 0 Å². The molecule has 90 valence electrons. The van der Waals surface area contributed by atoms with Crippen LogP contribution in [0.15, 0.2) is 22.7 Å². The second-order valence-corrected chi connectivity index (χ2v) is 5.39. The molecular weight excluding hydrogens is 286 g/mol. The SMILES string of the molecule is CCCCCC(NC)c1cc(Cl)cc(Br)c1. The van der Waals surface area contributed by atoms with Crippen LogP contribution in [0.25, 0.3) is 0 Å². The van der Waals surface area contributed by atoms with Gasteiger partial charge in [-0.1, -0.05) is 53.7 Å². The highest BCUT2D eigenvalue weighted by atomic mass is 79.9. The molecule has 1 unspecified atom stereocenters. The van der Waals surface area contributed by atoms with E-state index in [1.54, 1.807) is 0 Å². The average Bonchev–Trinajstić information content (AvgIpc) is 2.23. The molecule has 0 aromatic heterocycles. The second kappa shape index (κ2) is 7.31. The first-order valence-corrected chi connectivity index (χ1v) is 6.97. The van der Waals surface area contributed by atoms with Crippen molar-refractivity contribution in [2.45, 2.75) is 38.6 Å². The summed E-state index contributed by atoms with van der Waals surface area (Å²) in [7, 11) is 2.01. The van der Waals surface area contributed by atoms with Gasteiger partial charge in [0.15, 0.2) is 0 Å². The normalized spacial score (nSPS) is 12.8. The number of nitrogens with one attached hydrogen (secondary N) is 1. The van der Waals surface area contributed by atoms with E-state index in [0.717, 1.165) is 15.9 Å². The van der Waals surface area contributed by atoms with Crippen LogP contribution in [0.4, 0.5) is 0 Å². The molecule has 1 rings (SSSR count). The highest BCUT2D eigenvalue weighted by Crippen LogP contribution is 2.26. The van der Waals surface area contributed by atoms with Gasteiger partial charge in [-0.2, -0.15) is 0 Å². The minimum absolute atomic E-state index is 0.404. The van der Waals surface area contributed by atoms with Crippen molar-refractivity contribution < 1.29 is 0 Å². The number of hydrogen-bond acceptors (Lipinski definition) is 1. The molecule has 0 saturated carbocycles. The molecule has 16 heavy (non-hydrogen) atoms. The summed E-state index contributed by atoms with van der Waals surface area (Å²) in [5.41, 5.74) is 1.26. The molecule has 1 atom stereocenters. The van der Waals surface area contributed by atoms with E-state index < -0.39 is 0 Å². The van der Waals surface area contributed by atoms with Crippen molar-refractivity contribution in [3.8, 4) is 0 Å². The first kappa shape index (κ1) is 14.0. The summed E-state index contributed by atoms with van der Waals surface area (Å²) in [6.45, 7) is 2.23. The van der Waals surface area contributed by atoms with E-state index in [2.05, 4.69) is 34.2 Å². The minimum atomic E-state index is 0.404. The van der Waals surface area contributed by atoms with Crippen molar-refractivity contribution in [2.75, 3.05) is 7.05 Å². The van der Waals surface area contributed by atoms with Crippen LogP contribution in [0.5, 0.6) is 0 Å². The second-order valence-electron chi connectivity index (χ2n) is 4.04. The van der Waals surface area contributed by atoms with E-state index >= 15 is 0 Å². The molecule has 0 amide bonds. The fourth-order valence-corrected chi connectivity index (χ4v) is 2.74. The lowest BCUT2D eigenvalue weighted by atomic mass is 10.0. The van der Waals surface area contributed by atoms with Crippen molar-refractivity contribution in [2.24, 2.45) is 0 Å². The van der Waals surface area contributed by atoms with Crippen LogP contribution in [0.2, 0.25) is 5.02 Å². The Morgan fingerprint density at radius 1 is 1.31 bits per heavy atom. The van der Waals surface area contributed by atoms with E-state index in [4.69, 9.17) is 11.6 Å². The lowest BCUT2D eigenvalue weighted by molar-refractivity contribution is 0.512. The zero-order valence-electron chi connectivity index (χ0n) is 9.89. The Balaban J connectivity index is 2.70. The average molecular weight is 305 g/mol. The lowest BCUT2D eigenvalue weighted by Gasteiger charge is -2.17. The molecule has 0 bridgehead atoms. The van der Waals surface area contributed by atoms with Gasteiger partial charge < -0.3 is 5.32 Å². The van der Waals surface area contributed by atoms with Gasteiger partial charge in [0.2, 0.25) is 0 Å². The minimum Gasteiger partial charge on any atom is -0.313 e. The van der Waals surface area contributed by atoms with Crippen molar-refractivity contribution in [1.82, 2.24) is 5.32 Å². The molecular formula is C13H19BrClN. The van der Waals surface area contributed by atoms with Crippen LogP contribution in [0.3, 0.4) is 0 Å². The lowest BCUT2D eigenvalue weighted by Crippen LogP contribution is -2.16. The summed E-state index contributed by atoms with van der Waals surface area (Å²) in [5, 5.41) is 4.14. The number of rotatable bonds is 6.